The summed E-state index contributed by atoms with van der Waals surface area (Å²) < 4.78 is 0. The third kappa shape index (κ3) is 3.16. The lowest BCUT2D eigenvalue weighted by molar-refractivity contribution is 0.0719. The van der Waals surface area contributed by atoms with E-state index in [4.69, 9.17) is 5.90 Å². The standard InChI is InChI=1S/C7H15N3O/c1-9-2-4-10(5-3-9)6-7-11-8/h2-7H2,1H3. The van der Waals surface area contributed by atoms with E-state index in [9.17, 15) is 0 Å². The predicted molar refractivity (Wildman–Crippen MR) is 42.0 cm³/mol. The van der Waals surface area contributed by atoms with Crippen LogP contribution in [0.5, 0.6) is 0 Å². The lowest BCUT2D eigenvalue weighted by atomic mass is 10.3. The van der Waals surface area contributed by atoms with E-state index in [1.54, 1.807) is 0 Å². The minimum absolute atomic E-state index is 0.420. The summed E-state index contributed by atoms with van der Waals surface area (Å²) in [5.74, 6) is 8.11. The first-order valence-electron chi connectivity index (χ1n) is 4.00. The zero-order valence-corrected chi connectivity index (χ0v) is 6.99. The summed E-state index contributed by atoms with van der Waals surface area (Å²) in [5, 5.41) is 0. The normalized spacial score (nSPS) is 22.4. The number of rotatable bonds is 3. The van der Waals surface area contributed by atoms with Crippen molar-refractivity contribution in [3.05, 3.63) is 0 Å². The molecule has 1 fully saturated rings. The molecule has 2 radical (unpaired) electrons. The van der Waals surface area contributed by atoms with E-state index in [0.717, 1.165) is 32.7 Å². The first-order valence-corrected chi connectivity index (χ1v) is 4.00. The quantitative estimate of drug-likeness (QED) is 0.505. The van der Waals surface area contributed by atoms with Crippen LogP contribution in [0.1, 0.15) is 0 Å². The summed E-state index contributed by atoms with van der Waals surface area (Å²) in [6, 6.07) is 0. The Hall–Kier alpha value is -0.160. The molecule has 64 valence electrons. The van der Waals surface area contributed by atoms with Crippen molar-refractivity contribution >= 4 is 0 Å². The maximum atomic E-state index is 8.11. The smallest absolute Gasteiger partial charge is 0.0847 e. The molecule has 1 aliphatic heterocycles. The highest BCUT2D eigenvalue weighted by molar-refractivity contribution is 4.68. The summed E-state index contributed by atoms with van der Waals surface area (Å²) in [6.45, 7) is 5.66. The molecule has 4 nitrogen and oxygen atoms in total. The second-order valence-corrected chi connectivity index (χ2v) is 2.98. The van der Waals surface area contributed by atoms with Crippen LogP contribution in [0, 0.1) is 0 Å². The Morgan fingerprint density at radius 1 is 1.27 bits per heavy atom. The molecule has 0 bridgehead atoms. The highest BCUT2D eigenvalue weighted by Gasteiger charge is 2.12. The molecule has 0 N–H and O–H groups in total. The molecule has 11 heavy (non-hydrogen) atoms. The zero-order chi connectivity index (χ0) is 8.10. The van der Waals surface area contributed by atoms with Gasteiger partial charge in [-0.15, -0.1) is 0 Å². The van der Waals surface area contributed by atoms with Gasteiger partial charge in [-0.1, -0.05) is 0 Å². The third-order valence-corrected chi connectivity index (χ3v) is 2.09. The van der Waals surface area contributed by atoms with Crippen molar-refractivity contribution in [1.29, 1.82) is 0 Å². The Balaban J connectivity index is 2.07. The van der Waals surface area contributed by atoms with Gasteiger partial charge >= 0.3 is 0 Å². The van der Waals surface area contributed by atoms with E-state index in [0.29, 0.717) is 6.61 Å². The average Bonchev–Trinajstić information content (AvgIpc) is 2.04. The first-order chi connectivity index (χ1) is 5.33. The highest BCUT2D eigenvalue weighted by atomic mass is 16.6. The van der Waals surface area contributed by atoms with Gasteiger partial charge in [-0.05, 0) is 7.05 Å². The first kappa shape index (κ1) is 8.93. The minimum Gasteiger partial charge on any atom is -0.304 e. The van der Waals surface area contributed by atoms with Gasteiger partial charge in [0.1, 0.15) is 0 Å². The second-order valence-electron chi connectivity index (χ2n) is 2.98. The van der Waals surface area contributed by atoms with Crippen LogP contribution < -0.4 is 5.90 Å². The maximum Gasteiger partial charge on any atom is 0.0847 e. The summed E-state index contributed by atoms with van der Waals surface area (Å²) in [4.78, 5) is 8.61. The zero-order valence-electron chi connectivity index (χ0n) is 6.99. The van der Waals surface area contributed by atoms with Crippen LogP contribution in [0.4, 0.5) is 0 Å². The molecule has 1 heterocycles. The van der Waals surface area contributed by atoms with Gasteiger partial charge in [0.15, 0.2) is 0 Å². The molecule has 0 aromatic carbocycles. The third-order valence-electron chi connectivity index (χ3n) is 2.09. The molecule has 4 heteroatoms. The Labute approximate surface area is 67.9 Å². The largest absolute Gasteiger partial charge is 0.304 e. The van der Waals surface area contributed by atoms with Gasteiger partial charge in [-0.2, -0.15) is 0 Å². The average molecular weight is 157 g/mol. The molecule has 0 atom stereocenters. The Bertz CT molecular complexity index is 99.1. The summed E-state index contributed by atoms with van der Waals surface area (Å²) in [5.41, 5.74) is 0. The van der Waals surface area contributed by atoms with Gasteiger partial charge in [0.2, 0.25) is 0 Å². The fourth-order valence-corrected chi connectivity index (χ4v) is 1.24. The molecule has 0 aromatic rings. The van der Waals surface area contributed by atoms with Crippen LogP contribution >= 0.6 is 0 Å². The molecule has 0 aliphatic carbocycles. The molecule has 0 aromatic heterocycles. The number of hydrogen-bond acceptors (Lipinski definition) is 3. The Morgan fingerprint density at radius 2 is 1.91 bits per heavy atom. The topological polar surface area (TPSA) is 38.0 Å². The molecule has 0 amide bonds. The molecule has 0 saturated carbocycles. The van der Waals surface area contributed by atoms with Crippen molar-refractivity contribution in [1.82, 2.24) is 15.7 Å². The van der Waals surface area contributed by atoms with Crippen LogP contribution in [0.15, 0.2) is 0 Å². The monoisotopic (exact) mass is 157 g/mol. The van der Waals surface area contributed by atoms with Crippen molar-refractivity contribution in [2.45, 2.75) is 0 Å². The maximum absolute atomic E-state index is 8.11. The lowest BCUT2D eigenvalue weighted by Crippen LogP contribution is -2.45. The number of piperazine rings is 1. The Kier molecular flexibility index (Phi) is 3.79. The van der Waals surface area contributed by atoms with E-state index >= 15 is 0 Å². The lowest BCUT2D eigenvalue weighted by Gasteiger charge is -2.31. The van der Waals surface area contributed by atoms with E-state index in [-0.39, 0.29) is 0 Å². The van der Waals surface area contributed by atoms with Crippen molar-refractivity contribution in [3.63, 3.8) is 0 Å². The summed E-state index contributed by atoms with van der Waals surface area (Å²) in [7, 11) is 2.12. The summed E-state index contributed by atoms with van der Waals surface area (Å²) in [6.07, 6.45) is 0. The van der Waals surface area contributed by atoms with Crippen molar-refractivity contribution in [2.75, 3.05) is 46.4 Å². The van der Waals surface area contributed by atoms with Crippen LogP contribution in [-0.4, -0.2) is 56.2 Å². The van der Waals surface area contributed by atoms with Crippen LogP contribution in [0.3, 0.4) is 0 Å². The van der Waals surface area contributed by atoms with Crippen molar-refractivity contribution in [3.8, 4) is 0 Å². The van der Waals surface area contributed by atoms with Gasteiger partial charge < -0.3 is 4.90 Å². The van der Waals surface area contributed by atoms with Gasteiger partial charge in [0, 0.05) is 38.6 Å². The van der Waals surface area contributed by atoms with Gasteiger partial charge in [-0.25, -0.2) is 0 Å². The highest BCUT2D eigenvalue weighted by Crippen LogP contribution is 1.97. The van der Waals surface area contributed by atoms with Crippen molar-refractivity contribution < 1.29 is 4.84 Å². The summed E-state index contributed by atoms with van der Waals surface area (Å²) >= 11 is 0. The van der Waals surface area contributed by atoms with E-state index in [1.807, 2.05) is 0 Å². The van der Waals surface area contributed by atoms with Crippen molar-refractivity contribution in [2.24, 2.45) is 0 Å². The fraction of sp³-hybridized carbons (Fsp3) is 1.00. The predicted octanol–water partition coefficient (Wildman–Crippen LogP) is -0.766. The van der Waals surface area contributed by atoms with Gasteiger partial charge in [0.25, 0.3) is 0 Å². The number of hydrogen-bond donors (Lipinski definition) is 0. The van der Waals surface area contributed by atoms with E-state index < -0.39 is 0 Å². The molecular formula is C7H15N3O. The molecule has 0 unspecified atom stereocenters. The second kappa shape index (κ2) is 4.66. The fourth-order valence-electron chi connectivity index (χ4n) is 1.24. The minimum atomic E-state index is 0.420. The van der Waals surface area contributed by atoms with Crippen LogP contribution in [0.2, 0.25) is 0 Å². The number of likely N-dealkylation sites (N-methyl/N-ethyl adjacent to an activating group) is 1. The Morgan fingerprint density at radius 3 is 2.45 bits per heavy atom. The molecular weight excluding hydrogens is 142 g/mol. The van der Waals surface area contributed by atoms with Crippen LogP contribution in [-0.2, 0) is 4.84 Å². The van der Waals surface area contributed by atoms with E-state index in [2.05, 4.69) is 21.7 Å². The molecule has 1 aliphatic rings. The van der Waals surface area contributed by atoms with Gasteiger partial charge in [0.05, 0.1) is 6.61 Å². The molecule has 1 saturated heterocycles. The van der Waals surface area contributed by atoms with E-state index in [1.165, 1.54) is 0 Å². The SMILES string of the molecule is CN1CCN(CCO[N])CC1. The number of nitrogens with zero attached hydrogens (tertiary/aromatic N) is 3. The van der Waals surface area contributed by atoms with Crippen LogP contribution in [0.25, 0.3) is 0 Å². The molecule has 1 rings (SSSR count). The molecule has 0 spiro atoms. The van der Waals surface area contributed by atoms with Gasteiger partial charge in [-0.3, -0.25) is 9.74 Å².